The van der Waals surface area contributed by atoms with E-state index in [1.54, 1.807) is 6.08 Å². The summed E-state index contributed by atoms with van der Waals surface area (Å²) < 4.78 is 0. The number of allylic oxidation sites excluding steroid dienone is 1. The van der Waals surface area contributed by atoms with E-state index in [1.165, 1.54) is 6.26 Å². The van der Waals surface area contributed by atoms with Crippen molar-refractivity contribution < 1.29 is 9.88 Å². The fourth-order valence-corrected chi connectivity index (χ4v) is 0.262. The van der Waals surface area contributed by atoms with Gasteiger partial charge in [0.05, 0.1) is 0 Å². The minimum absolute atomic E-state index is 0.736. The molecule has 1 N–H and O–H groups in total. The van der Waals surface area contributed by atoms with Gasteiger partial charge in [-0.2, -0.15) is 0 Å². The van der Waals surface area contributed by atoms with E-state index in [4.69, 9.17) is 0 Å². The predicted molar refractivity (Wildman–Crippen MR) is 23.6 cm³/mol. The van der Waals surface area contributed by atoms with Gasteiger partial charge in [0.15, 0.2) is 6.26 Å². The van der Waals surface area contributed by atoms with Crippen LogP contribution in [-0.4, -0.2) is 0 Å². The van der Waals surface area contributed by atoms with Gasteiger partial charge in [0.1, 0.15) is 5.70 Å². The Kier molecular flexibility index (Phi) is 0.997. The average molecular weight is 99.1 g/mol. The van der Waals surface area contributed by atoms with Gasteiger partial charge in [-0.25, -0.2) is 5.48 Å². The molecule has 0 atom stereocenters. The molecular weight excluding hydrogens is 94.0 g/mol. The number of hydroxylamine groups is 1. The van der Waals surface area contributed by atoms with Crippen molar-refractivity contribution in [2.75, 3.05) is 0 Å². The summed E-state index contributed by atoms with van der Waals surface area (Å²) in [5.74, 6) is 0. The first-order valence-corrected chi connectivity index (χ1v) is 1.84. The van der Waals surface area contributed by atoms with E-state index < -0.39 is 0 Å². The van der Waals surface area contributed by atoms with Gasteiger partial charge in [0.25, 0.3) is 0 Å². The molecule has 3 heteroatoms. The van der Waals surface area contributed by atoms with Crippen LogP contribution in [0.25, 0.3) is 0 Å². The van der Waals surface area contributed by atoms with Crippen molar-refractivity contribution in [2.24, 2.45) is 0 Å². The third-order valence-electron chi connectivity index (χ3n) is 0.603. The first-order chi connectivity index (χ1) is 3.43. The molecule has 7 heavy (non-hydrogen) atoms. The molecule has 0 aliphatic carbocycles. The molecule has 0 radical (unpaired) electrons. The summed E-state index contributed by atoms with van der Waals surface area (Å²) in [6, 6.07) is 0. The highest BCUT2D eigenvalue weighted by Crippen LogP contribution is 1.97. The van der Waals surface area contributed by atoms with Crippen molar-refractivity contribution in [1.29, 1.82) is 0 Å². The lowest BCUT2D eigenvalue weighted by Crippen LogP contribution is -2.01. The minimum Gasteiger partial charge on any atom is -0.320 e. The number of rotatable bonds is 1. The fraction of sp³-hybridized carbons (Fsp3) is 0. The molecule has 0 unspecified atom stereocenters. The maximum Gasteiger partial charge on any atom is 0.157 e. The van der Waals surface area contributed by atoms with Crippen molar-refractivity contribution in [3.05, 3.63) is 24.6 Å². The molecule has 3 nitrogen and oxygen atoms in total. The summed E-state index contributed by atoms with van der Waals surface area (Å²) in [4.78, 5) is 8.54. The van der Waals surface area contributed by atoms with Crippen LogP contribution in [-0.2, 0) is 9.88 Å². The Bertz CT molecular complexity index is 108. The highest BCUT2D eigenvalue weighted by atomic mass is 17.3. The molecule has 1 rings (SSSR count). The van der Waals surface area contributed by atoms with Crippen LogP contribution < -0.4 is 5.48 Å². The van der Waals surface area contributed by atoms with E-state index in [0.29, 0.717) is 0 Å². The standard InChI is InChI=1S/C4H5NO2/c1-2-4-3-6-7-5-4/h2-3,5H,1H2. The molecule has 0 amide bonds. The monoisotopic (exact) mass is 99.0 g/mol. The molecule has 0 saturated heterocycles. The van der Waals surface area contributed by atoms with E-state index in [2.05, 4.69) is 21.9 Å². The fourth-order valence-electron chi connectivity index (χ4n) is 0.262. The van der Waals surface area contributed by atoms with Crippen LogP contribution in [0.1, 0.15) is 0 Å². The van der Waals surface area contributed by atoms with Crippen LogP contribution in [0.3, 0.4) is 0 Å². The summed E-state index contributed by atoms with van der Waals surface area (Å²) in [5, 5.41) is 0. The molecule has 0 aromatic carbocycles. The second-order valence-corrected chi connectivity index (χ2v) is 1.06. The van der Waals surface area contributed by atoms with Crippen LogP contribution in [0.5, 0.6) is 0 Å². The summed E-state index contributed by atoms with van der Waals surface area (Å²) in [6.45, 7) is 3.45. The van der Waals surface area contributed by atoms with Gasteiger partial charge >= 0.3 is 0 Å². The Morgan fingerprint density at radius 1 is 1.86 bits per heavy atom. The second-order valence-electron chi connectivity index (χ2n) is 1.06. The first kappa shape index (κ1) is 4.21. The Morgan fingerprint density at radius 2 is 2.71 bits per heavy atom. The zero-order valence-corrected chi connectivity index (χ0v) is 3.68. The van der Waals surface area contributed by atoms with Crippen LogP contribution in [0.4, 0.5) is 0 Å². The summed E-state index contributed by atoms with van der Waals surface area (Å²) in [5.41, 5.74) is 3.16. The van der Waals surface area contributed by atoms with Crippen molar-refractivity contribution in [2.45, 2.75) is 0 Å². The first-order valence-electron chi connectivity index (χ1n) is 1.84. The van der Waals surface area contributed by atoms with Crippen LogP contribution in [0.2, 0.25) is 0 Å². The average Bonchev–Trinajstić information content (AvgIpc) is 2.14. The molecule has 0 fully saturated rings. The van der Waals surface area contributed by atoms with Crippen molar-refractivity contribution in [3.63, 3.8) is 0 Å². The number of nitrogens with one attached hydrogen (secondary N) is 1. The van der Waals surface area contributed by atoms with Gasteiger partial charge in [-0.3, -0.25) is 0 Å². The molecule has 0 bridgehead atoms. The van der Waals surface area contributed by atoms with E-state index in [1.807, 2.05) is 0 Å². The summed E-state index contributed by atoms with van der Waals surface area (Å²) in [7, 11) is 0. The zero-order valence-electron chi connectivity index (χ0n) is 3.68. The lowest BCUT2D eigenvalue weighted by atomic mass is 10.5. The largest absolute Gasteiger partial charge is 0.320 e. The highest BCUT2D eigenvalue weighted by Gasteiger charge is 1.97. The van der Waals surface area contributed by atoms with Gasteiger partial charge in [0, 0.05) is 0 Å². The Hall–Kier alpha value is -0.960. The van der Waals surface area contributed by atoms with Crippen LogP contribution >= 0.6 is 0 Å². The molecule has 0 aromatic rings. The van der Waals surface area contributed by atoms with Crippen molar-refractivity contribution >= 4 is 0 Å². The SMILES string of the molecule is C=CC1=COON1. The van der Waals surface area contributed by atoms with Gasteiger partial charge in [-0.1, -0.05) is 11.6 Å². The van der Waals surface area contributed by atoms with E-state index in [0.717, 1.165) is 5.70 Å². The summed E-state index contributed by atoms with van der Waals surface area (Å²) in [6.07, 6.45) is 3.01. The molecule has 1 aliphatic rings. The quantitative estimate of drug-likeness (QED) is 0.485. The molecular formula is C4H5NO2. The van der Waals surface area contributed by atoms with Gasteiger partial charge in [-0.15, -0.1) is 0 Å². The van der Waals surface area contributed by atoms with Crippen molar-refractivity contribution in [1.82, 2.24) is 5.48 Å². The van der Waals surface area contributed by atoms with Gasteiger partial charge in [0.2, 0.25) is 0 Å². The Morgan fingerprint density at radius 3 is 3.00 bits per heavy atom. The van der Waals surface area contributed by atoms with Crippen LogP contribution in [0, 0.1) is 0 Å². The zero-order chi connectivity index (χ0) is 5.11. The predicted octanol–water partition coefficient (Wildman–Crippen LogP) is 0.480. The van der Waals surface area contributed by atoms with E-state index >= 15 is 0 Å². The van der Waals surface area contributed by atoms with Crippen molar-refractivity contribution in [3.8, 4) is 0 Å². The molecule has 1 heterocycles. The third kappa shape index (κ3) is 0.721. The maximum absolute atomic E-state index is 4.30. The normalized spacial score (nSPS) is 16.9. The number of hydrogen-bond donors (Lipinski definition) is 1. The van der Waals surface area contributed by atoms with Crippen LogP contribution in [0.15, 0.2) is 24.6 Å². The second kappa shape index (κ2) is 1.66. The highest BCUT2D eigenvalue weighted by molar-refractivity contribution is 5.09. The molecule has 0 aromatic heterocycles. The summed E-state index contributed by atoms with van der Waals surface area (Å²) >= 11 is 0. The third-order valence-corrected chi connectivity index (χ3v) is 0.603. The molecule has 1 aliphatic heterocycles. The Balaban J connectivity index is 2.51. The van der Waals surface area contributed by atoms with E-state index in [-0.39, 0.29) is 0 Å². The molecule has 0 spiro atoms. The number of hydrogen-bond acceptors (Lipinski definition) is 3. The Labute approximate surface area is 41.1 Å². The maximum atomic E-state index is 4.30. The molecule has 0 saturated carbocycles. The van der Waals surface area contributed by atoms with E-state index in [9.17, 15) is 0 Å². The lowest BCUT2D eigenvalue weighted by Gasteiger charge is -1.86. The molecule has 38 valence electrons. The van der Waals surface area contributed by atoms with Gasteiger partial charge < -0.3 is 4.89 Å². The van der Waals surface area contributed by atoms with Gasteiger partial charge in [-0.05, 0) is 6.08 Å². The lowest BCUT2D eigenvalue weighted by molar-refractivity contribution is -0.265. The topological polar surface area (TPSA) is 30.5 Å². The smallest absolute Gasteiger partial charge is 0.157 e. The minimum atomic E-state index is 0.736.